The Morgan fingerprint density at radius 2 is 2.40 bits per heavy atom. The van der Waals surface area contributed by atoms with Gasteiger partial charge in [-0.15, -0.1) is 0 Å². The van der Waals surface area contributed by atoms with Gasteiger partial charge in [-0.1, -0.05) is 27.3 Å². The maximum atomic E-state index is 11.8. The van der Waals surface area contributed by atoms with Gasteiger partial charge in [-0.25, -0.2) is 4.98 Å². The summed E-state index contributed by atoms with van der Waals surface area (Å²) < 4.78 is 2.25. The molecular weight excluding hydrogens is 338 g/mol. The van der Waals surface area contributed by atoms with E-state index in [1.54, 1.807) is 18.4 Å². The van der Waals surface area contributed by atoms with E-state index in [0.717, 1.165) is 41.1 Å². The van der Waals surface area contributed by atoms with Gasteiger partial charge in [0.25, 0.3) is 0 Å². The van der Waals surface area contributed by atoms with Crippen LogP contribution in [0.25, 0.3) is 10.2 Å². The standard InChI is InChI=1S/C14H16BrN3OS/c1-16-13(19)9-3-2-6-18(8-9)14-17-11-5-4-10(15)7-12(11)20-14/h4-5,7,9H,2-3,6,8H2,1H3,(H,16,19). The van der Waals surface area contributed by atoms with Crippen molar-refractivity contribution in [2.24, 2.45) is 5.92 Å². The van der Waals surface area contributed by atoms with Gasteiger partial charge in [0.2, 0.25) is 5.91 Å². The maximum Gasteiger partial charge on any atom is 0.224 e. The van der Waals surface area contributed by atoms with Crippen LogP contribution in [0.3, 0.4) is 0 Å². The van der Waals surface area contributed by atoms with Gasteiger partial charge in [-0.3, -0.25) is 4.79 Å². The van der Waals surface area contributed by atoms with Crippen LogP contribution in [0.4, 0.5) is 5.13 Å². The predicted octanol–water partition coefficient (Wildman–Crippen LogP) is 3.02. The largest absolute Gasteiger partial charge is 0.359 e. The van der Waals surface area contributed by atoms with Crippen LogP contribution >= 0.6 is 27.3 Å². The van der Waals surface area contributed by atoms with Gasteiger partial charge in [-0.2, -0.15) is 0 Å². The lowest BCUT2D eigenvalue weighted by Gasteiger charge is -2.31. The second-order valence-electron chi connectivity index (χ2n) is 5.01. The smallest absolute Gasteiger partial charge is 0.224 e. The highest BCUT2D eigenvalue weighted by atomic mass is 79.9. The highest BCUT2D eigenvalue weighted by Gasteiger charge is 2.26. The molecule has 2 heterocycles. The number of carbonyl (C=O) groups excluding carboxylic acids is 1. The molecule has 1 aliphatic rings. The molecule has 1 aromatic carbocycles. The SMILES string of the molecule is CNC(=O)C1CCCN(c2nc3ccc(Br)cc3s2)C1. The van der Waals surface area contributed by atoms with Crippen LogP contribution in [0.5, 0.6) is 0 Å². The minimum absolute atomic E-state index is 0.0764. The number of nitrogens with zero attached hydrogens (tertiary/aromatic N) is 2. The first kappa shape index (κ1) is 13.8. The molecule has 2 aromatic rings. The average Bonchev–Trinajstić information content (AvgIpc) is 2.89. The second kappa shape index (κ2) is 5.69. The fourth-order valence-electron chi connectivity index (χ4n) is 2.59. The molecule has 6 heteroatoms. The first-order chi connectivity index (χ1) is 9.67. The molecule has 0 saturated carbocycles. The zero-order chi connectivity index (χ0) is 14.1. The minimum atomic E-state index is 0.0764. The molecule has 1 aliphatic heterocycles. The van der Waals surface area contributed by atoms with Crippen LogP contribution in [0.2, 0.25) is 0 Å². The lowest BCUT2D eigenvalue weighted by molar-refractivity contribution is -0.124. The Bertz CT molecular complexity index is 642. The number of rotatable bonds is 2. The van der Waals surface area contributed by atoms with E-state index in [2.05, 4.69) is 37.2 Å². The van der Waals surface area contributed by atoms with E-state index < -0.39 is 0 Å². The quantitative estimate of drug-likeness (QED) is 0.902. The number of thiazole rings is 1. The Labute approximate surface area is 130 Å². The zero-order valence-electron chi connectivity index (χ0n) is 11.2. The number of hydrogen-bond donors (Lipinski definition) is 1. The monoisotopic (exact) mass is 353 g/mol. The number of nitrogens with one attached hydrogen (secondary N) is 1. The normalized spacial score (nSPS) is 19.3. The number of halogens is 1. The van der Waals surface area contributed by atoms with Crippen LogP contribution in [0, 0.1) is 5.92 Å². The van der Waals surface area contributed by atoms with E-state index in [1.165, 1.54) is 4.70 Å². The van der Waals surface area contributed by atoms with Crippen molar-refractivity contribution in [2.75, 3.05) is 25.0 Å². The van der Waals surface area contributed by atoms with Gasteiger partial charge in [0.05, 0.1) is 16.1 Å². The summed E-state index contributed by atoms with van der Waals surface area (Å²) in [5.41, 5.74) is 1.02. The van der Waals surface area contributed by atoms with Crippen LogP contribution < -0.4 is 10.2 Å². The van der Waals surface area contributed by atoms with Crippen molar-refractivity contribution in [1.29, 1.82) is 0 Å². The van der Waals surface area contributed by atoms with Crippen molar-refractivity contribution >= 4 is 48.5 Å². The molecule has 1 aromatic heterocycles. The van der Waals surface area contributed by atoms with E-state index in [-0.39, 0.29) is 11.8 Å². The Morgan fingerprint density at radius 1 is 1.55 bits per heavy atom. The first-order valence-electron chi connectivity index (χ1n) is 6.70. The summed E-state index contributed by atoms with van der Waals surface area (Å²) in [5.74, 6) is 0.214. The summed E-state index contributed by atoms with van der Waals surface area (Å²) in [4.78, 5) is 18.7. The van der Waals surface area contributed by atoms with Crippen molar-refractivity contribution in [2.45, 2.75) is 12.8 Å². The Morgan fingerprint density at radius 3 is 3.20 bits per heavy atom. The highest BCUT2D eigenvalue weighted by Crippen LogP contribution is 2.33. The van der Waals surface area contributed by atoms with Gasteiger partial charge in [0.15, 0.2) is 5.13 Å². The van der Waals surface area contributed by atoms with Gasteiger partial charge < -0.3 is 10.2 Å². The fraction of sp³-hybridized carbons (Fsp3) is 0.429. The molecule has 1 unspecified atom stereocenters. The van der Waals surface area contributed by atoms with Crippen molar-refractivity contribution in [3.05, 3.63) is 22.7 Å². The van der Waals surface area contributed by atoms with Crippen molar-refractivity contribution < 1.29 is 4.79 Å². The molecule has 106 valence electrons. The fourth-order valence-corrected chi connectivity index (χ4v) is 4.14. The summed E-state index contributed by atoms with van der Waals surface area (Å²) in [6.07, 6.45) is 2.00. The van der Waals surface area contributed by atoms with Gasteiger partial charge >= 0.3 is 0 Å². The van der Waals surface area contributed by atoms with Gasteiger partial charge in [0.1, 0.15) is 0 Å². The molecule has 1 N–H and O–H groups in total. The third kappa shape index (κ3) is 2.67. The van der Waals surface area contributed by atoms with Crippen LogP contribution in [-0.2, 0) is 4.79 Å². The van der Waals surface area contributed by atoms with Crippen molar-refractivity contribution in [3.8, 4) is 0 Å². The third-order valence-electron chi connectivity index (χ3n) is 3.65. The first-order valence-corrected chi connectivity index (χ1v) is 8.31. The minimum Gasteiger partial charge on any atom is -0.359 e. The molecule has 0 aliphatic carbocycles. The second-order valence-corrected chi connectivity index (χ2v) is 6.93. The maximum absolute atomic E-state index is 11.8. The van der Waals surface area contributed by atoms with Crippen molar-refractivity contribution in [3.63, 3.8) is 0 Å². The van der Waals surface area contributed by atoms with E-state index >= 15 is 0 Å². The third-order valence-corrected chi connectivity index (χ3v) is 5.22. The molecule has 1 fully saturated rings. The lowest BCUT2D eigenvalue weighted by atomic mass is 9.98. The van der Waals surface area contributed by atoms with E-state index in [4.69, 9.17) is 0 Å². The zero-order valence-corrected chi connectivity index (χ0v) is 13.6. The molecule has 3 rings (SSSR count). The molecule has 1 atom stereocenters. The number of hydrogen-bond acceptors (Lipinski definition) is 4. The Hall–Kier alpha value is -1.14. The predicted molar refractivity (Wildman–Crippen MR) is 86.3 cm³/mol. The van der Waals surface area contributed by atoms with Gasteiger partial charge in [0, 0.05) is 24.6 Å². The molecule has 0 radical (unpaired) electrons. The Balaban J connectivity index is 1.84. The molecular formula is C14H16BrN3OS. The van der Waals surface area contributed by atoms with Gasteiger partial charge in [-0.05, 0) is 31.0 Å². The molecule has 0 spiro atoms. The van der Waals surface area contributed by atoms with Crippen LogP contribution in [0.1, 0.15) is 12.8 Å². The summed E-state index contributed by atoms with van der Waals surface area (Å²) in [6, 6.07) is 6.13. The molecule has 1 amide bonds. The summed E-state index contributed by atoms with van der Waals surface area (Å²) in [6.45, 7) is 1.75. The summed E-state index contributed by atoms with van der Waals surface area (Å²) >= 11 is 5.18. The Kier molecular flexibility index (Phi) is 3.94. The summed E-state index contributed by atoms with van der Waals surface area (Å²) in [5, 5.41) is 3.77. The molecule has 4 nitrogen and oxygen atoms in total. The number of anilines is 1. The number of amides is 1. The van der Waals surface area contributed by atoms with Crippen LogP contribution in [-0.4, -0.2) is 31.0 Å². The van der Waals surface area contributed by atoms with Crippen LogP contribution in [0.15, 0.2) is 22.7 Å². The van der Waals surface area contributed by atoms with Crippen molar-refractivity contribution in [1.82, 2.24) is 10.3 Å². The number of fused-ring (bicyclic) bond motifs is 1. The molecule has 0 bridgehead atoms. The number of aromatic nitrogens is 1. The van der Waals surface area contributed by atoms with E-state index in [9.17, 15) is 4.79 Å². The number of benzene rings is 1. The molecule has 20 heavy (non-hydrogen) atoms. The molecule has 1 saturated heterocycles. The number of piperidine rings is 1. The van der Waals surface area contributed by atoms with E-state index in [1.807, 2.05) is 12.1 Å². The van der Waals surface area contributed by atoms with E-state index in [0.29, 0.717) is 0 Å². The highest BCUT2D eigenvalue weighted by molar-refractivity contribution is 9.10. The topological polar surface area (TPSA) is 45.2 Å². The average molecular weight is 354 g/mol. The number of carbonyl (C=O) groups is 1. The summed E-state index contributed by atoms with van der Waals surface area (Å²) in [7, 11) is 1.70. The lowest BCUT2D eigenvalue weighted by Crippen LogP contribution is -2.42.